The van der Waals surface area contributed by atoms with Crippen molar-refractivity contribution in [3.63, 3.8) is 0 Å². The first-order valence-electron chi connectivity index (χ1n) is 19.8. The summed E-state index contributed by atoms with van der Waals surface area (Å²) in [5.74, 6) is -0.407. The fourth-order valence-corrected chi connectivity index (χ4v) is 4.92. The van der Waals surface area contributed by atoms with Crippen LogP contribution in [0.5, 0.6) is 0 Å². The molecular weight excluding hydrogens is 720 g/mol. The molecule has 0 aliphatic carbocycles. The smallest absolute Gasteiger partial charge is 0.233 e. The van der Waals surface area contributed by atoms with Gasteiger partial charge in [-0.05, 0) is 17.8 Å². The van der Waals surface area contributed by atoms with Crippen LogP contribution in [0, 0.1) is 17.3 Å². The minimum atomic E-state index is -0.252. The summed E-state index contributed by atoms with van der Waals surface area (Å²) in [4.78, 5) is 26.0. The Hall–Kier alpha value is -2.16. The summed E-state index contributed by atoms with van der Waals surface area (Å²) in [6, 6.07) is 0. The molecule has 1 fully saturated rings. The second kappa shape index (κ2) is 31.9. The highest BCUT2D eigenvalue weighted by molar-refractivity contribution is 6.03. The highest BCUT2D eigenvalue weighted by Crippen LogP contribution is 2.27. The van der Waals surface area contributed by atoms with Gasteiger partial charge in [-0.1, -0.05) is 39.8 Å². The van der Waals surface area contributed by atoms with Crippen molar-refractivity contribution in [2.45, 2.75) is 60.5 Å². The molecular formula is C38H70N4O13. The van der Waals surface area contributed by atoms with Crippen LogP contribution in [0.15, 0.2) is 6.20 Å². The van der Waals surface area contributed by atoms with E-state index in [1.807, 2.05) is 13.8 Å². The van der Waals surface area contributed by atoms with E-state index in [0.717, 1.165) is 13.0 Å². The van der Waals surface area contributed by atoms with Crippen LogP contribution in [-0.4, -0.2) is 177 Å². The number of hydrogen-bond donors (Lipinski definition) is 0. The molecule has 2 heterocycles. The van der Waals surface area contributed by atoms with E-state index >= 15 is 0 Å². The molecule has 17 nitrogen and oxygen atoms in total. The Labute approximate surface area is 328 Å². The fraction of sp³-hybridized carbons (Fsp3) is 0.895. The molecule has 0 bridgehead atoms. The topological polar surface area (TPSA) is 170 Å². The SMILES string of the molecule is CC(C)C1CC(=O)N(Cc2cn(CCOCCOCCOCCOCCOCCOCCOCCOCCOCCOCCOCCC(C)(C)C)nn2)C1=O. The summed E-state index contributed by atoms with van der Waals surface area (Å²) < 4.78 is 62.3. The van der Waals surface area contributed by atoms with Crippen LogP contribution >= 0.6 is 0 Å². The number of amides is 2. The van der Waals surface area contributed by atoms with Gasteiger partial charge in [-0.15, -0.1) is 5.10 Å². The molecule has 0 N–H and O–H groups in total. The molecule has 1 aliphatic heterocycles. The number of ether oxygens (including phenoxy) is 11. The van der Waals surface area contributed by atoms with E-state index in [9.17, 15) is 9.59 Å². The number of carbonyl (C=O) groups is 2. The lowest BCUT2D eigenvalue weighted by molar-refractivity contribution is -0.140. The Morgan fingerprint density at radius 3 is 1.25 bits per heavy atom. The third-order valence-electron chi connectivity index (χ3n) is 8.17. The van der Waals surface area contributed by atoms with Crippen molar-refractivity contribution in [2.24, 2.45) is 17.3 Å². The quantitative estimate of drug-likeness (QED) is 0.0707. The predicted octanol–water partition coefficient (Wildman–Crippen LogP) is 2.43. The molecule has 320 valence electrons. The molecule has 0 spiro atoms. The Bertz CT molecular complexity index is 1090. The van der Waals surface area contributed by atoms with Crippen LogP contribution in [0.3, 0.4) is 0 Å². The lowest BCUT2D eigenvalue weighted by atomic mass is 9.93. The minimum absolute atomic E-state index is 0.130. The highest BCUT2D eigenvalue weighted by atomic mass is 16.6. The van der Waals surface area contributed by atoms with E-state index < -0.39 is 0 Å². The molecule has 0 saturated carbocycles. The molecule has 1 unspecified atom stereocenters. The largest absolute Gasteiger partial charge is 0.379 e. The summed E-state index contributed by atoms with van der Waals surface area (Å²) in [6.07, 6.45) is 3.03. The molecule has 1 saturated heterocycles. The summed E-state index contributed by atoms with van der Waals surface area (Å²) in [5.41, 5.74) is 0.872. The van der Waals surface area contributed by atoms with Crippen LogP contribution < -0.4 is 0 Å². The molecule has 17 heteroatoms. The van der Waals surface area contributed by atoms with E-state index in [4.69, 9.17) is 52.1 Å². The summed E-state index contributed by atoms with van der Waals surface area (Å²) >= 11 is 0. The summed E-state index contributed by atoms with van der Waals surface area (Å²) in [5, 5.41) is 8.15. The van der Waals surface area contributed by atoms with Crippen LogP contribution in [0.2, 0.25) is 0 Å². The highest BCUT2D eigenvalue weighted by Gasteiger charge is 2.40. The molecule has 1 aliphatic rings. The Morgan fingerprint density at radius 2 is 0.927 bits per heavy atom. The second-order valence-electron chi connectivity index (χ2n) is 14.4. The first kappa shape index (κ1) is 49.0. The number of carbonyl (C=O) groups excluding carboxylic acids is 2. The number of imide groups is 1. The maximum atomic E-state index is 12.5. The lowest BCUT2D eigenvalue weighted by Crippen LogP contribution is -2.31. The second-order valence-corrected chi connectivity index (χ2v) is 14.4. The summed E-state index contributed by atoms with van der Waals surface area (Å²) in [6.45, 7) is 22.5. The molecule has 1 aromatic heterocycles. The molecule has 1 atom stereocenters. The van der Waals surface area contributed by atoms with E-state index in [-0.39, 0.29) is 36.6 Å². The van der Waals surface area contributed by atoms with Gasteiger partial charge in [0, 0.05) is 18.9 Å². The molecule has 55 heavy (non-hydrogen) atoms. The maximum Gasteiger partial charge on any atom is 0.233 e. The first-order chi connectivity index (χ1) is 26.7. The zero-order valence-corrected chi connectivity index (χ0v) is 34.2. The van der Waals surface area contributed by atoms with Crippen LogP contribution in [0.4, 0.5) is 0 Å². The zero-order chi connectivity index (χ0) is 39.8. The summed E-state index contributed by atoms with van der Waals surface area (Å²) in [7, 11) is 0. The molecule has 2 amide bonds. The van der Waals surface area contributed by atoms with E-state index in [1.54, 1.807) is 10.9 Å². The Morgan fingerprint density at radius 1 is 0.582 bits per heavy atom. The normalized spacial score (nSPS) is 15.0. The van der Waals surface area contributed by atoms with Gasteiger partial charge in [0.05, 0.1) is 158 Å². The molecule has 0 aromatic carbocycles. The van der Waals surface area contributed by atoms with Gasteiger partial charge in [0.25, 0.3) is 0 Å². The van der Waals surface area contributed by atoms with Crippen LogP contribution in [-0.2, 0) is 74.8 Å². The van der Waals surface area contributed by atoms with Crippen molar-refractivity contribution < 1.29 is 61.7 Å². The van der Waals surface area contributed by atoms with Gasteiger partial charge < -0.3 is 52.1 Å². The average Bonchev–Trinajstić information content (AvgIpc) is 3.72. The molecule has 1 aromatic rings. The van der Waals surface area contributed by atoms with E-state index in [2.05, 4.69) is 31.1 Å². The van der Waals surface area contributed by atoms with Crippen LogP contribution in [0.1, 0.15) is 53.2 Å². The fourth-order valence-electron chi connectivity index (χ4n) is 4.92. The number of aromatic nitrogens is 3. The van der Waals surface area contributed by atoms with E-state index in [1.165, 1.54) is 4.90 Å². The molecule has 2 rings (SSSR count). The third kappa shape index (κ3) is 26.4. The van der Waals surface area contributed by atoms with Crippen LogP contribution in [0.25, 0.3) is 0 Å². The average molecular weight is 791 g/mol. The third-order valence-corrected chi connectivity index (χ3v) is 8.17. The first-order valence-corrected chi connectivity index (χ1v) is 19.8. The van der Waals surface area contributed by atoms with Gasteiger partial charge in [-0.25, -0.2) is 4.68 Å². The van der Waals surface area contributed by atoms with Gasteiger partial charge in [-0.2, -0.15) is 0 Å². The van der Waals surface area contributed by atoms with Crippen molar-refractivity contribution in [3.05, 3.63) is 11.9 Å². The van der Waals surface area contributed by atoms with Crippen molar-refractivity contribution in [1.82, 2.24) is 19.9 Å². The molecule has 0 radical (unpaired) electrons. The number of rotatable bonds is 38. The zero-order valence-electron chi connectivity index (χ0n) is 34.2. The Kier molecular flexibility index (Phi) is 28.4. The predicted molar refractivity (Wildman–Crippen MR) is 202 cm³/mol. The van der Waals surface area contributed by atoms with Gasteiger partial charge in [0.2, 0.25) is 11.8 Å². The van der Waals surface area contributed by atoms with Crippen molar-refractivity contribution >= 4 is 11.8 Å². The standard InChI is InChI=1S/C38H70N4O13/c1-33(2)35-30-36(43)42(37(35)44)32-34-31-41(40-39-34)7-9-46-11-13-48-15-17-50-19-21-52-23-25-54-27-29-55-28-26-53-24-22-51-20-18-49-16-14-47-12-10-45-8-6-38(3,4)5/h31,33,35H,6-30,32H2,1-5H3. The number of nitrogens with zero attached hydrogens (tertiary/aromatic N) is 4. The van der Waals surface area contributed by atoms with Gasteiger partial charge in [0.1, 0.15) is 5.69 Å². The van der Waals surface area contributed by atoms with Crippen molar-refractivity contribution in [3.8, 4) is 0 Å². The monoisotopic (exact) mass is 790 g/mol. The van der Waals surface area contributed by atoms with Gasteiger partial charge in [-0.3, -0.25) is 14.5 Å². The van der Waals surface area contributed by atoms with E-state index in [0.29, 0.717) is 156 Å². The van der Waals surface area contributed by atoms with Gasteiger partial charge in [0.15, 0.2) is 0 Å². The maximum absolute atomic E-state index is 12.5. The van der Waals surface area contributed by atoms with Crippen molar-refractivity contribution in [2.75, 3.05) is 145 Å². The Balaban J connectivity index is 1.20. The lowest BCUT2D eigenvalue weighted by Gasteiger charge is -2.17. The van der Waals surface area contributed by atoms with Gasteiger partial charge >= 0.3 is 0 Å². The van der Waals surface area contributed by atoms with Crippen molar-refractivity contribution in [1.29, 1.82) is 0 Å². The minimum Gasteiger partial charge on any atom is -0.379 e. The number of hydrogen-bond acceptors (Lipinski definition) is 15. The number of likely N-dealkylation sites (tertiary alicyclic amines) is 1.